The molecule has 5 heteroatoms. The van der Waals surface area contributed by atoms with E-state index in [9.17, 15) is 9.90 Å². The molecule has 0 spiro atoms. The van der Waals surface area contributed by atoms with Gasteiger partial charge in [0.25, 0.3) is 5.91 Å². The predicted molar refractivity (Wildman–Crippen MR) is 86.3 cm³/mol. The first-order valence-corrected chi connectivity index (χ1v) is 7.42. The molecule has 0 bridgehead atoms. The quantitative estimate of drug-likeness (QED) is 0.897. The van der Waals surface area contributed by atoms with E-state index in [1.54, 1.807) is 6.07 Å². The third kappa shape index (κ3) is 2.80. The van der Waals surface area contributed by atoms with E-state index in [0.29, 0.717) is 11.3 Å². The van der Waals surface area contributed by atoms with Crippen LogP contribution in [0, 0.1) is 0 Å². The Morgan fingerprint density at radius 2 is 2.10 bits per heavy atom. The van der Waals surface area contributed by atoms with Crippen molar-refractivity contribution in [3.8, 4) is 0 Å². The lowest BCUT2D eigenvalue weighted by Gasteiger charge is -2.20. The predicted octanol–water partition coefficient (Wildman–Crippen LogP) is 3.07. The first kappa shape index (κ1) is 14.1. The van der Waals surface area contributed by atoms with E-state index in [-0.39, 0.29) is 5.91 Å². The fourth-order valence-corrected chi connectivity index (χ4v) is 2.92. The lowest BCUT2D eigenvalue weighted by Crippen LogP contribution is -2.16. The second-order valence-electron chi connectivity index (χ2n) is 5.15. The summed E-state index contributed by atoms with van der Waals surface area (Å²) in [6, 6.07) is 13.8. The van der Waals surface area contributed by atoms with Gasteiger partial charge in [0, 0.05) is 35.0 Å². The van der Waals surface area contributed by atoms with Gasteiger partial charge in [-0.05, 0) is 29.8 Å². The summed E-state index contributed by atoms with van der Waals surface area (Å²) in [5, 5.41) is 12.4. The first-order chi connectivity index (χ1) is 10.0. The van der Waals surface area contributed by atoms with Crippen molar-refractivity contribution in [2.45, 2.75) is 12.6 Å². The first-order valence-electron chi connectivity index (χ1n) is 6.63. The number of amides is 1. The van der Waals surface area contributed by atoms with E-state index in [4.69, 9.17) is 0 Å². The molecule has 1 heterocycles. The summed E-state index contributed by atoms with van der Waals surface area (Å²) < 4.78 is 1.05. The van der Waals surface area contributed by atoms with E-state index >= 15 is 0 Å². The zero-order chi connectivity index (χ0) is 15.0. The number of benzene rings is 2. The van der Waals surface area contributed by atoms with E-state index in [0.717, 1.165) is 16.7 Å². The van der Waals surface area contributed by atoms with Crippen LogP contribution in [0.15, 0.2) is 46.9 Å². The number of hydrogen-bond donors (Lipinski definition) is 2. The van der Waals surface area contributed by atoms with Crippen molar-refractivity contribution < 1.29 is 9.90 Å². The van der Waals surface area contributed by atoms with Crippen molar-refractivity contribution in [2.24, 2.45) is 0 Å². The lowest BCUT2D eigenvalue weighted by molar-refractivity contribution is -0.123. The Bertz CT molecular complexity index is 702. The van der Waals surface area contributed by atoms with Crippen LogP contribution in [-0.2, 0) is 11.3 Å². The molecule has 1 unspecified atom stereocenters. The average molecular weight is 347 g/mol. The van der Waals surface area contributed by atoms with Crippen LogP contribution in [0.2, 0.25) is 0 Å². The monoisotopic (exact) mass is 346 g/mol. The van der Waals surface area contributed by atoms with Crippen LogP contribution in [0.1, 0.15) is 17.2 Å². The molecule has 0 saturated carbocycles. The molecule has 2 N–H and O–H groups in total. The molecule has 0 aromatic heterocycles. The molecule has 2 aromatic carbocycles. The number of anilines is 2. The number of carbonyl (C=O) groups is 1. The largest absolute Gasteiger partial charge is 0.378 e. The molecule has 0 aliphatic carbocycles. The number of hydrogen-bond acceptors (Lipinski definition) is 3. The minimum Gasteiger partial charge on any atom is -0.378 e. The number of fused-ring (bicyclic) bond motifs is 1. The summed E-state index contributed by atoms with van der Waals surface area (Å²) in [6.45, 7) is 0.759. The lowest BCUT2D eigenvalue weighted by atomic mass is 10.1. The van der Waals surface area contributed by atoms with Gasteiger partial charge in [0.2, 0.25) is 0 Å². The number of aliphatic hydroxyl groups is 1. The van der Waals surface area contributed by atoms with Crippen molar-refractivity contribution in [3.05, 3.63) is 58.1 Å². The molecule has 0 radical (unpaired) electrons. The smallest absolute Gasteiger partial charge is 0.257 e. The minimum atomic E-state index is -1.05. The van der Waals surface area contributed by atoms with Crippen molar-refractivity contribution in [1.82, 2.24) is 0 Å². The Labute approximate surface area is 131 Å². The maximum atomic E-state index is 11.5. The second-order valence-corrected chi connectivity index (χ2v) is 6.06. The van der Waals surface area contributed by atoms with Gasteiger partial charge in [-0.2, -0.15) is 0 Å². The normalized spacial score (nSPS) is 16.5. The Hall–Kier alpha value is -1.85. The molecule has 3 rings (SSSR count). The van der Waals surface area contributed by atoms with Crippen LogP contribution >= 0.6 is 15.9 Å². The number of halogens is 1. The Morgan fingerprint density at radius 3 is 2.86 bits per heavy atom. The van der Waals surface area contributed by atoms with E-state index < -0.39 is 6.10 Å². The topological polar surface area (TPSA) is 52.6 Å². The van der Waals surface area contributed by atoms with Crippen LogP contribution in [0.3, 0.4) is 0 Å². The van der Waals surface area contributed by atoms with Gasteiger partial charge in [-0.25, -0.2) is 0 Å². The highest BCUT2D eigenvalue weighted by Crippen LogP contribution is 2.34. The van der Waals surface area contributed by atoms with Gasteiger partial charge in [0.05, 0.1) is 0 Å². The van der Waals surface area contributed by atoms with Crippen molar-refractivity contribution in [3.63, 3.8) is 0 Å². The number of aliphatic hydroxyl groups excluding tert-OH is 1. The molecule has 1 atom stereocenters. The van der Waals surface area contributed by atoms with Gasteiger partial charge in [0.15, 0.2) is 6.10 Å². The summed E-state index contributed by atoms with van der Waals surface area (Å²) in [7, 11) is 2.00. The average Bonchev–Trinajstić information content (AvgIpc) is 2.73. The molecular formula is C16H15BrN2O2. The van der Waals surface area contributed by atoms with Crippen molar-refractivity contribution >= 4 is 33.2 Å². The summed E-state index contributed by atoms with van der Waals surface area (Å²) in [5.41, 5.74) is 3.50. The summed E-state index contributed by atoms with van der Waals surface area (Å²) in [5.74, 6) is -0.364. The highest BCUT2D eigenvalue weighted by atomic mass is 79.9. The number of rotatable bonds is 3. The fourth-order valence-electron chi connectivity index (χ4n) is 2.47. The zero-order valence-corrected chi connectivity index (χ0v) is 13.1. The molecule has 108 valence electrons. The van der Waals surface area contributed by atoms with Crippen LogP contribution in [0.5, 0.6) is 0 Å². The van der Waals surface area contributed by atoms with E-state index in [2.05, 4.69) is 38.3 Å². The summed E-state index contributed by atoms with van der Waals surface area (Å²) in [4.78, 5) is 13.6. The van der Waals surface area contributed by atoms with Crippen LogP contribution in [-0.4, -0.2) is 18.1 Å². The maximum Gasteiger partial charge on any atom is 0.257 e. The maximum absolute atomic E-state index is 11.5. The molecule has 1 amide bonds. The van der Waals surface area contributed by atoms with Gasteiger partial charge < -0.3 is 15.3 Å². The molecule has 0 saturated heterocycles. The number of nitrogens with zero attached hydrogens (tertiary/aromatic N) is 1. The molecule has 2 aromatic rings. The van der Waals surface area contributed by atoms with Gasteiger partial charge in [0.1, 0.15) is 0 Å². The van der Waals surface area contributed by atoms with Gasteiger partial charge >= 0.3 is 0 Å². The molecule has 0 fully saturated rings. The third-order valence-electron chi connectivity index (χ3n) is 3.59. The molecule has 1 aliphatic heterocycles. The molecule has 21 heavy (non-hydrogen) atoms. The highest BCUT2D eigenvalue weighted by molar-refractivity contribution is 9.10. The standard InChI is InChI=1S/C16H15BrN2O2/c1-19(9-10-3-2-4-11(17)7-10)12-5-6-13-14(8-12)18-16(21)15(13)20/h2-8,15,20H,9H2,1H3,(H,18,21). The molecule has 1 aliphatic rings. The van der Waals surface area contributed by atoms with Crippen LogP contribution in [0.4, 0.5) is 11.4 Å². The van der Waals surface area contributed by atoms with E-state index in [1.165, 1.54) is 5.56 Å². The second kappa shape index (κ2) is 5.50. The molecular weight excluding hydrogens is 332 g/mol. The minimum absolute atomic E-state index is 0.364. The van der Waals surface area contributed by atoms with Crippen molar-refractivity contribution in [2.75, 3.05) is 17.3 Å². The van der Waals surface area contributed by atoms with Gasteiger partial charge in [-0.1, -0.05) is 34.1 Å². The highest BCUT2D eigenvalue weighted by Gasteiger charge is 2.28. The Morgan fingerprint density at radius 1 is 1.29 bits per heavy atom. The Kier molecular flexibility index (Phi) is 3.69. The number of carbonyl (C=O) groups excluding carboxylic acids is 1. The fraction of sp³-hybridized carbons (Fsp3) is 0.188. The van der Waals surface area contributed by atoms with Crippen LogP contribution < -0.4 is 10.2 Å². The Balaban J connectivity index is 1.81. The van der Waals surface area contributed by atoms with Gasteiger partial charge in [-0.15, -0.1) is 0 Å². The summed E-state index contributed by atoms with van der Waals surface area (Å²) in [6.07, 6.45) is -1.05. The third-order valence-corrected chi connectivity index (χ3v) is 4.08. The number of nitrogens with one attached hydrogen (secondary N) is 1. The molecule has 4 nitrogen and oxygen atoms in total. The van der Waals surface area contributed by atoms with Crippen LogP contribution in [0.25, 0.3) is 0 Å². The van der Waals surface area contributed by atoms with Crippen molar-refractivity contribution in [1.29, 1.82) is 0 Å². The SMILES string of the molecule is CN(Cc1cccc(Br)c1)c1ccc2c(c1)NC(=O)C2O. The van der Waals surface area contributed by atoms with Gasteiger partial charge in [-0.3, -0.25) is 4.79 Å². The van der Waals surface area contributed by atoms with E-state index in [1.807, 2.05) is 31.3 Å². The zero-order valence-electron chi connectivity index (χ0n) is 11.5. The summed E-state index contributed by atoms with van der Waals surface area (Å²) >= 11 is 3.47.